The van der Waals surface area contributed by atoms with E-state index >= 15 is 0 Å². The zero-order valence-electron chi connectivity index (χ0n) is 9.97. The highest BCUT2D eigenvalue weighted by molar-refractivity contribution is 5.29. The molecule has 2 atom stereocenters. The van der Waals surface area contributed by atoms with Gasteiger partial charge in [-0.2, -0.15) is 0 Å². The molecule has 1 aliphatic rings. The predicted octanol–water partition coefficient (Wildman–Crippen LogP) is 1.55. The summed E-state index contributed by atoms with van der Waals surface area (Å²) in [6.45, 7) is 1.24. The summed E-state index contributed by atoms with van der Waals surface area (Å²) < 4.78 is 11.2. The quantitative estimate of drug-likeness (QED) is 0.832. The Morgan fingerprint density at radius 1 is 1.29 bits per heavy atom. The Morgan fingerprint density at radius 3 is 2.65 bits per heavy atom. The minimum Gasteiger partial charge on any atom is -0.465 e. The van der Waals surface area contributed by atoms with Crippen molar-refractivity contribution in [1.29, 1.82) is 0 Å². The molecule has 1 saturated heterocycles. The minimum absolute atomic E-state index is 0.0993. The normalized spacial score (nSPS) is 22.1. The second-order valence-electron chi connectivity index (χ2n) is 4.33. The smallest absolute Gasteiger partial charge is 0.199 e. The van der Waals surface area contributed by atoms with Crippen molar-refractivity contribution in [3.8, 4) is 5.75 Å². The number of nitrogens with two attached hydrogens (primary N) is 2. The van der Waals surface area contributed by atoms with E-state index in [1.54, 1.807) is 0 Å². The van der Waals surface area contributed by atoms with E-state index in [-0.39, 0.29) is 12.3 Å². The molecule has 0 saturated carbocycles. The van der Waals surface area contributed by atoms with Crippen LogP contribution in [0, 0.1) is 0 Å². The standard InChI is InChI=1S/C13H20N2O2/c14-9-12(15)10-4-6-11(7-5-10)17-13-3-1-2-8-16-13/h4-7,12-13H,1-3,8-9,14-15H2/t12-,13?/m1/s1. The van der Waals surface area contributed by atoms with Gasteiger partial charge in [0.05, 0.1) is 6.61 Å². The topological polar surface area (TPSA) is 70.5 Å². The number of hydrogen-bond donors (Lipinski definition) is 2. The molecule has 0 aromatic heterocycles. The zero-order valence-corrected chi connectivity index (χ0v) is 9.97. The van der Waals surface area contributed by atoms with E-state index in [1.807, 2.05) is 24.3 Å². The van der Waals surface area contributed by atoms with E-state index in [9.17, 15) is 0 Å². The molecule has 4 N–H and O–H groups in total. The Bertz CT molecular complexity index is 334. The number of hydrogen-bond acceptors (Lipinski definition) is 4. The first kappa shape index (κ1) is 12.4. The maximum atomic E-state index is 5.84. The van der Waals surface area contributed by atoms with E-state index in [1.165, 1.54) is 6.42 Å². The third kappa shape index (κ3) is 3.43. The maximum Gasteiger partial charge on any atom is 0.199 e. The van der Waals surface area contributed by atoms with Gasteiger partial charge in [0.25, 0.3) is 0 Å². The van der Waals surface area contributed by atoms with Crippen molar-refractivity contribution >= 4 is 0 Å². The lowest BCUT2D eigenvalue weighted by atomic mass is 10.1. The highest BCUT2D eigenvalue weighted by Crippen LogP contribution is 2.20. The molecule has 17 heavy (non-hydrogen) atoms. The first-order valence-electron chi connectivity index (χ1n) is 6.13. The van der Waals surface area contributed by atoms with Gasteiger partial charge in [0, 0.05) is 19.0 Å². The van der Waals surface area contributed by atoms with Gasteiger partial charge in [0.15, 0.2) is 6.29 Å². The maximum absolute atomic E-state index is 5.84. The number of benzene rings is 1. The lowest BCUT2D eigenvalue weighted by Gasteiger charge is -2.23. The van der Waals surface area contributed by atoms with Gasteiger partial charge < -0.3 is 20.9 Å². The second kappa shape index (κ2) is 6.00. The van der Waals surface area contributed by atoms with Crippen molar-refractivity contribution < 1.29 is 9.47 Å². The third-order valence-corrected chi connectivity index (χ3v) is 2.97. The first-order valence-corrected chi connectivity index (χ1v) is 6.13. The second-order valence-corrected chi connectivity index (χ2v) is 4.33. The van der Waals surface area contributed by atoms with Crippen LogP contribution < -0.4 is 16.2 Å². The average molecular weight is 236 g/mol. The van der Waals surface area contributed by atoms with Crippen LogP contribution in [0.15, 0.2) is 24.3 Å². The van der Waals surface area contributed by atoms with Gasteiger partial charge in [-0.3, -0.25) is 0 Å². The minimum atomic E-state index is -0.102. The highest BCUT2D eigenvalue weighted by atomic mass is 16.7. The number of rotatable bonds is 4. The van der Waals surface area contributed by atoms with Crippen LogP contribution in [-0.4, -0.2) is 19.4 Å². The molecule has 4 heteroatoms. The Labute approximate surface area is 102 Å². The van der Waals surface area contributed by atoms with Crippen LogP contribution in [0.4, 0.5) is 0 Å². The summed E-state index contributed by atoms with van der Waals surface area (Å²) in [6.07, 6.45) is 3.16. The molecule has 0 spiro atoms. The van der Waals surface area contributed by atoms with Gasteiger partial charge in [0.2, 0.25) is 0 Å². The van der Waals surface area contributed by atoms with Crippen molar-refractivity contribution in [3.63, 3.8) is 0 Å². The van der Waals surface area contributed by atoms with Crippen molar-refractivity contribution in [2.24, 2.45) is 11.5 Å². The van der Waals surface area contributed by atoms with Crippen molar-refractivity contribution in [2.45, 2.75) is 31.6 Å². The van der Waals surface area contributed by atoms with Gasteiger partial charge in [-0.05, 0) is 30.5 Å². The van der Waals surface area contributed by atoms with Crippen LogP contribution in [0.25, 0.3) is 0 Å². The molecule has 1 aromatic rings. The monoisotopic (exact) mass is 236 g/mol. The summed E-state index contributed by atoms with van der Waals surface area (Å²) in [5, 5.41) is 0. The Kier molecular flexibility index (Phi) is 4.36. The van der Waals surface area contributed by atoms with Crippen LogP contribution >= 0.6 is 0 Å². The fourth-order valence-corrected chi connectivity index (χ4v) is 1.89. The fourth-order valence-electron chi connectivity index (χ4n) is 1.89. The molecule has 1 fully saturated rings. The van der Waals surface area contributed by atoms with E-state index in [4.69, 9.17) is 20.9 Å². The van der Waals surface area contributed by atoms with Gasteiger partial charge in [-0.25, -0.2) is 0 Å². The highest BCUT2D eigenvalue weighted by Gasteiger charge is 2.15. The molecule has 0 aliphatic carbocycles. The molecule has 1 aliphatic heterocycles. The summed E-state index contributed by atoms with van der Waals surface area (Å²) in [5.41, 5.74) is 12.4. The average Bonchev–Trinajstić information content (AvgIpc) is 2.40. The first-order chi connectivity index (χ1) is 8.29. The lowest BCUT2D eigenvalue weighted by Crippen LogP contribution is -2.25. The Balaban J connectivity index is 1.93. The largest absolute Gasteiger partial charge is 0.465 e. The van der Waals surface area contributed by atoms with Crippen LogP contribution in [-0.2, 0) is 4.74 Å². The molecule has 0 amide bonds. The molecule has 94 valence electrons. The van der Waals surface area contributed by atoms with Crippen LogP contribution in [0.2, 0.25) is 0 Å². The fraction of sp³-hybridized carbons (Fsp3) is 0.538. The molecule has 1 aromatic carbocycles. The van der Waals surface area contributed by atoms with Gasteiger partial charge in [0.1, 0.15) is 5.75 Å². The summed E-state index contributed by atoms with van der Waals surface area (Å²) >= 11 is 0. The molecular formula is C13H20N2O2. The third-order valence-electron chi connectivity index (χ3n) is 2.97. The summed E-state index contributed by atoms with van der Waals surface area (Å²) in [7, 11) is 0. The van der Waals surface area contributed by atoms with E-state index in [0.29, 0.717) is 6.54 Å². The van der Waals surface area contributed by atoms with E-state index in [2.05, 4.69) is 0 Å². The van der Waals surface area contributed by atoms with Gasteiger partial charge in [-0.1, -0.05) is 12.1 Å². The van der Waals surface area contributed by atoms with Crippen molar-refractivity contribution in [1.82, 2.24) is 0 Å². The molecule has 1 unspecified atom stereocenters. The molecular weight excluding hydrogens is 216 g/mol. The summed E-state index contributed by atoms with van der Waals surface area (Å²) in [4.78, 5) is 0. The molecule has 2 rings (SSSR count). The Morgan fingerprint density at radius 2 is 2.06 bits per heavy atom. The van der Waals surface area contributed by atoms with Crippen LogP contribution in [0.1, 0.15) is 30.9 Å². The predicted molar refractivity (Wildman–Crippen MR) is 66.6 cm³/mol. The zero-order chi connectivity index (χ0) is 12.1. The summed E-state index contributed by atoms with van der Waals surface area (Å²) in [6, 6.07) is 7.65. The number of ether oxygens (including phenoxy) is 2. The van der Waals surface area contributed by atoms with Gasteiger partial charge in [-0.15, -0.1) is 0 Å². The van der Waals surface area contributed by atoms with Gasteiger partial charge >= 0.3 is 0 Å². The summed E-state index contributed by atoms with van der Waals surface area (Å²) in [5.74, 6) is 0.824. The molecule has 0 radical (unpaired) electrons. The van der Waals surface area contributed by atoms with Crippen molar-refractivity contribution in [2.75, 3.05) is 13.2 Å². The Hall–Kier alpha value is -1.10. The lowest BCUT2D eigenvalue weighted by molar-refractivity contribution is -0.105. The SMILES string of the molecule is NC[C@@H](N)c1ccc(OC2CCCCO2)cc1. The van der Waals surface area contributed by atoms with E-state index < -0.39 is 0 Å². The molecule has 1 heterocycles. The van der Waals surface area contributed by atoms with Crippen molar-refractivity contribution in [3.05, 3.63) is 29.8 Å². The van der Waals surface area contributed by atoms with Crippen LogP contribution in [0.5, 0.6) is 5.75 Å². The molecule has 4 nitrogen and oxygen atoms in total. The van der Waals surface area contributed by atoms with E-state index in [0.717, 1.165) is 30.8 Å². The van der Waals surface area contributed by atoms with Crippen LogP contribution in [0.3, 0.4) is 0 Å². The molecule has 0 bridgehead atoms.